The molecule has 0 spiro atoms. The molecule has 0 atom stereocenters. The maximum Gasteiger partial charge on any atom is 0.275 e. The zero-order valence-corrected chi connectivity index (χ0v) is 14.1. The molecule has 0 aliphatic rings. The fraction of sp³-hybridized carbons (Fsp3) is 0.312. The van der Waals surface area contributed by atoms with Crippen molar-refractivity contribution in [3.05, 3.63) is 51.2 Å². The van der Waals surface area contributed by atoms with Gasteiger partial charge in [-0.3, -0.25) is 10.2 Å². The van der Waals surface area contributed by atoms with Crippen LogP contribution in [0.5, 0.6) is 0 Å². The second-order valence-electron chi connectivity index (χ2n) is 5.18. The first-order valence-corrected chi connectivity index (χ1v) is 8.64. The summed E-state index contributed by atoms with van der Waals surface area (Å²) >= 11 is 3.27. The molecule has 0 saturated heterocycles. The molecule has 21 heavy (non-hydrogen) atoms. The number of benzene rings is 1. The number of thiophene rings is 1. The Morgan fingerprint density at radius 1 is 1.33 bits per heavy atom. The molecule has 5 heteroatoms. The monoisotopic (exact) mass is 320 g/mol. The molecule has 0 radical (unpaired) electrons. The number of rotatable bonds is 5. The van der Waals surface area contributed by atoms with Crippen molar-refractivity contribution < 1.29 is 4.79 Å². The van der Waals surface area contributed by atoms with Crippen LogP contribution in [0.4, 0.5) is 0 Å². The van der Waals surface area contributed by atoms with Gasteiger partial charge < -0.3 is 0 Å². The van der Waals surface area contributed by atoms with Gasteiger partial charge in [-0.15, -0.1) is 23.1 Å². The lowest BCUT2D eigenvalue weighted by molar-refractivity contribution is 0.0957. The Morgan fingerprint density at radius 2 is 2.00 bits per heavy atom. The van der Waals surface area contributed by atoms with Gasteiger partial charge in [-0.2, -0.15) is 0 Å². The van der Waals surface area contributed by atoms with E-state index in [2.05, 4.69) is 43.5 Å². The molecule has 1 aromatic heterocycles. The molecule has 1 heterocycles. The second-order valence-corrected chi connectivity index (χ2v) is 7.48. The summed E-state index contributed by atoms with van der Waals surface area (Å²) in [6.07, 6.45) is 0. The Bertz CT molecular complexity index is 618. The molecule has 0 aliphatic carbocycles. The third kappa shape index (κ3) is 4.09. The number of nitrogens with two attached hydrogens (primary N) is 1. The maximum absolute atomic E-state index is 11.5. The Morgan fingerprint density at radius 3 is 2.57 bits per heavy atom. The first-order valence-electron chi connectivity index (χ1n) is 6.84. The summed E-state index contributed by atoms with van der Waals surface area (Å²) in [7, 11) is 0. The van der Waals surface area contributed by atoms with Crippen molar-refractivity contribution in [1.29, 1.82) is 0 Å². The van der Waals surface area contributed by atoms with E-state index in [0.29, 0.717) is 10.8 Å². The molecule has 0 aliphatic heterocycles. The molecule has 1 aromatic carbocycles. The predicted octanol–water partition coefficient (Wildman–Crippen LogP) is 4.08. The third-order valence-corrected chi connectivity index (χ3v) is 5.47. The summed E-state index contributed by atoms with van der Waals surface area (Å²) in [4.78, 5) is 14.6. The van der Waals surface area contributed by atoms with Crippen LogP contribution in [0.3, 0.4) is 0 Å². The molecule has 0 unspecified atom stereocenters. The van der Waals surface area contributed by atoms with Crippen LogP contribution in [-0.2, 0) is 5.75 Å². The van der Waals surface area contributed by atoms with Gasteiger partial charge in [-0.05, 0) is 42.2 Å². The molecule has 0 bridgehead atoms. The van der Waals surface area contributed by atoms with E-state index in [1.165, 1.54) is 32.2 Å². The van der Waals surface area contributed by atoms with Crippen molar-refractivity contribution in [2.45, 2.75) is 37.3 Å². The van der Waals surface area contributed by atoms with Crippen molar-refractivity contribution in [1.82, 2.24) is 5.43 Å². The first-order chi connectivity index (χ1) is 10.0. The average Bonchev–Trinajstić information content (AvgIpc) is 2.86. The van der Waals surface area contributed by atoms with Crippen molar-refractivity contribution in [3.63, 3.8) is 0 Å². The largest absolute Gasteiger partial charge is 0.289 e. The van der Waals surface area contributed by atoms with Crippen LogP contribution in [-0.4, -0.2) is 5.91 Å². The highest BCUT2D eigenvalue weighted by Crippen LogP contribution is 2.29. The summed E-state index contributed by atoms with van der Waals surface area (Å²) in [6.45, 7) is 6.43. The van der Waals surface area contributed by atoms with Crippen LogP contribution in [0, 0.1) is 6.92 Å². The van der Waals surface area contributed by atoms with E-state index in [1.807, 2.05) is 13.0 Å². The third-order valence-electron chi connectivity index (χ3n) is 3.32. The van der Waals surface area contributed by atoms with Crippen LogP contribution < -0.4 is 11.3 Å². The van der Waals surface area contributed by atoms with E-state index in [4.69, 9.17) is 5.84 Å². The number of hydrogen-bond acceptors (Lipinski definition) is 4. The van der Waals surface area contributed by atoms with Gasteiger partial charge in [0.25, 0.3) is 5.91 Å². The van der Waals surface area contributed by atoms with E-state index in [-0.39, 0.29) is 5.91 Å². The number of aryl methyl sites for hydroxylation is 1. The number of thioether (sulfide) groups is 1. The number of nitrogens with one attached hydrogen (secondary N) is 1. The van der Waals surface area contributed by atoms with Gasteiger partial charge in [0.2, 0.25) is 0 Å². The van der Waals surface area contributed by atoms with Gasteiger partial charge in [0.05, 0.1) is 4.88 Å². The molecular formula is C16H20N2OS2. The number of carbonyl (C=O) groups excluding carboxylic acids is 1. The lowest BCUT2D eigenvalue weighted by atomic mass is 10.0. The lowest BCUT2D eigenvalue weighted by Gasteiger charge is -2.06. The SMILES string of the molecule is Cc1sc(C(=O)NN)cc1CSc1ccc(C(C)C)cc1. The lowest BCUT2D eigenvalue weighted by Crippen LogP contribution is -2.29. The van der Waals surface area contributed by atoms with E-state index < -0.39 is 0 Å². The Kier molecular flexibility index (Phi) is 5.45. The minimum absolute atomic E-state index is 0.222. The normalized spacial score (nSPS) is 10.9. The average molecular weight is 320 g/mol. The molecule has 0 saturated carbocycles. The maximum atomic E-state index is 11.5. The van der Waals surface area contributed by atoms with Crippen LogP contribution >= 0.6 is 23.1 Å². The van der Waals surface area contributed by atoms with E-state index in [1.54, 1.807) is 11.8 Å². The van der Waals surface area contributed by atoms with E-state index >= 15 is 0 Å². The topological polar surface area (TPSA) is 55.1 Å². The highest BCUT2D eigenvalue weighted by molar-refractivity contribution is 7.98. The fourth-order valence-electron chi connectivity index (χ4n) is 1.96. The smallest absolute Gasteiger partial charge is 0.275 e. The minimum atomic E-state index is -0.222. The summed E-state index contributed by atoms with van der Waals surface area (Å²) < 4.78 is 0. The zero-order chi connectivity index (χ0) is 15.4. The minimum Gasteiger partial charge on any atom is -0.289 e. The summed E-state index contributed by atoms with van der Waals surface area (Å²) in [5.41, 5.74) is 4.72. The van der Waals surface area contributed by atoms with Crippen molar-refractivity contribution in [2.24, 2.45) is 5.84 Å². The molecule has 0 fully saturated rings. The molecule has 112 valence electrons. The van der Waals surface area contributed by atoms with Gasteiger partial charge in [0.15, 0.2) is 0 Å². The quantitative estimate of drug-likeness (QED) is 0.378. The number of amides is 1. The van der Waals surface area contributed by atoms with Gasteiger partial charge in [0.1, 0.15) is 0 Å². The van der Waals surface area contributed by atoms with Crippen LogP contribution in [0.25, 0.3) is 0 Å². The van der Waals surface area contributed by atoms with Gasteiger partial charge in [-0.1, -0.05) is 26.0 Å². The molecule has 3 nitrogen and oxygen atoms in total. The standard InChI is InChI=1S/C16H20N2OS2/c1-10(2)12-4-6-14(7-5-12)20-9-13-8-15(16(19)18-17)21-11(13)3/h4-8,10H,9,17H2,1-3H3,(H,18,19). The number of hydrazine groups is 1. The van der Waals surface area contributed by atoms with Crippen LogP contribution in [0.15, 0.2) is 35.2 Å². The molecule has 3 N–H and O–H groups in total. The van der Waals surface area contributed by atoms with Gasteiger partial charge in [0, 0.05) is 15.5 Å². The second kappa shape index (κ2) is 7.11. The van der Waals surface area contributed by atoms with Gasteiger partial charge in [-0.25, -0.2) is 5.84 Å². The highest BCUT2D eigenvalue weighted by Gasteiger charge is 2.11. The van der Waals surface area contributed by atoms with Crippen LogP contribution in [0.1, 0.15) is 45.4 Å². The van der Waals surface area contributed by atoms with Gasteiger partial charge >= 0.3 is 0 Å². The molecule has 1 amide bonds. The summed E-state index contributed by atoms with van der Waals surface area (Å²) in [6, 6.07) is 10.6. The summed E-state index contributed by atoms with van der Waals surface area (Å²) in [5, 5.41) is 0. The predicted molar refractivity (Wildman–Crippen MR) is 90.8 cm³/mol. The summed E-state index contributed by atoms with van der Waals surface area (Å²) in [5.74, 6) is 6.37. The number of hydrogen-bond donors (Lipinski definition) is 2. The zero-order valence-electron chi connectivity index (χ0n) is 12.5. The van der Waals surface area contributed by atoms with Crippen molar-refractivity contribution in [2.75, 3.05) is 0 Å². The number of carbonyl (C=O) groups is 1. The number of nitrogen functional groups attached to an aromatic ring is 1. The highest BCUT2D eigenvalue weighted by atomic mass is 32.2. The Labute approximate surface area is 133 Å². The Balaban J connectivity index is 2.02. The van der Waals surface area contributed by atoms with Crippen LogP contribution in [0.2, 0.25) is 0 Å². The van der Waals surface area contributed by atoms with E-state index in [9.17, 15) is 4.79 Å². The Hall–Kier alpha value is -1.30. The van der Waals surface area contributed by atoms with E-state index in [0.717, 1.165) is 5.75 Å². The first kappa shape index (κ1) is 16.1. The van der Waals surface area contributed by atoms with Crippen molar-refractivity contribution in [3.8, 4) is 0 Å². The molecule has 2 aromatic rings. The molecule has 2 rings (SSSR count). The fourth-order valence-corrected chi connectivity index (χ4v) is 3.94. The van der Waals surface area contributed by atoms with Crippen molar-refractivity contribution >= 4 is 29.0 Å². The molecular weight excluding hydrogens is 300 g/mol.